The van der Waals surface area contributed by atoms with Crippen LogP contribution in [-0.2, 0) is 9.53 Å². The number of ketones is 1. The van der Waals surface area contributed by atoms with E-state index in [-0.39, 0.29) is 11.3 Å². The second-order valence-corrected chi connectivity index (χ2v) is 5.32. The highest BCUT2D eigenvalue weighted by atomic mass is 19.1. The predicted octanol–water partition coefficient (Wildman–Crippen LogP) is 3.29. The van der Waals surface area contributed by atoms with E-state index in [1.54, 1.807) is 18.2 Å². The van der Waals surface area contributed by atoms with Crippen LogP contribution in [0.1, 0.15) is 15.9 Å². The van der Waals surface area contributed by atoms with Crippen LogP contribution in [0.25, 0.3) is 6.08 Å². The van der Waals surface area contributed by atoms with Gasteiger partial charge in [0.1, 0.15) is 23.1 Å². The fourth-order valence-corrected chi connectivity index (χ4v) is 2.29. The fourth-order valence-electron chi connectivity index (χ4n) is 2.29. The molecule has 2 rings (SSSR count). The maximum atomic E-state index is 13.3. The average molecular weight is 374 g/mol. The number of halogens is 1. The molecule has 0 atom stereocenters. The Labute approximate surface area is 156 Å². The Morgan fingerprint density at radius 2 is 1.67 bits per heavy atom. The third-order valence-corrected chi connectivity index (χ3v) is 3.64. The molecule has 0 spiro atoms. The summed E-state index contributed by atoms with van der Waals surface area (Å²) in [5.41, 5.74) is 0.607. The number of carbonyl (C=O) groups is 2. The molecule has 0 radical (unpaired) electrons. The molecule has 2 aromatic rings. The van der Waals surface area contributed by atoms with Crippen molar-refractivity contribution < 1.29 is 32.9 Å². The molecule has 6 nitrogen and oxygen atoms in total. The minimum atomic E-state index is -0.733. The van der Waals surface area contributed by atoms with E-state index in [2.05, 4.69) is 0 Å². The molecular formula is C20H19FO6. The van der Waals surface area contributed by atoms with Gasteiger partial charge >= 0.3 is 5.97 Å². The summed E-state index contributed by atoms with van der Waals surface area (Å²) in [7, 11) is 4.39. The molecule has 0 saturated carbocycles. The summed E-state index contributed by atoms with van der Waals surface area (Å²) in [5.74, 6) is -0.558. The molecule has 0 amide bonds. The van der Waals surface area contributed by atoms with Crippen LogP contribution in [-0.4, -0.2) is 39.7 Å². The van der Waals surface area contributed by atoms with Crippen LogP contribution in [0.4, 0.5) is 4.39 Å². The van der Waals surface area contributed by atoms with Crippen LogP contribution in [0, 0.1) is 5.82 Å². The van der Waals surface area contributed by atoms with Gasteiger partial charge in [0.2, 0.25) is 5.78 Å². The number of Topliss-reactive ketones (excluding diaryl/α,β-unsaturated/α-hetero) is 1. The Hall–Kier alpha value is -3.35. The Morgan fingerprint density at radius 1 is 0.963 bits per heavy atom. The number of hydrogen-bond acceptors (Lipinski definition) is 6. The van der Waals surface area contributed by atoms with Crippen LogP contribution in [0.15, 0.2) is 42.5 Å². The van der Waals surface area contributed by atoms with Gasteiger partial charge in [-0.2, -0.15) is 0 Å². The van der Waals surface area contributed by atoms with E-state index in [9.17, 15) is 14.0 Å². The van der Waals surface area contributed by atoms with Crippen LogP contribution in [0.5, 0.6) is 17.2 Å². The van der Waals surface area contributed by atoms with Gasteiger partial charge in [-0.15, -0.1) is 0 Å². The molecule has 0 heterocycles. The standard InChI is InChI=1S/C20H19FO6/c1-24-15-6-8-18(25-2)13(10-15)4-9-20(23)27-12-17(22)16-11-14(21)5-7-19(16)26-3/h4-11H,12H2,1-3H3/b9-4+. The normalized spacial score (nSPS) is 10.5. The molecule has 0 aromatic heterocycles. The minimum Gasteiger partial charge on any atom is -0.497 e. The second kappa shape index (κ2) is 9.38. The van der Waals surface area contributed by atoms with Crippen molar-refractivity contribution in [3.63, 3.8) is 0 Å². The van der Waals surface area contributed by atoms with Crippen molar-refractivity contribution in [2.24, 2.45) is 0 Å². The van der Waals surface area contributed by atoms with Gasteiger partial charge in [-0.25, -0.2) is 9.18 Å². The van der Waals surface area contributed by atoms with Gasteiger partial charge in [0.25, 0.3) is 0 Å². The molecule has 0 aliphatic rings. The summed E-state index contributed by atoms with van der Waals surface area (Å²) in [6.45, 7) is -0.543. The van der Waals surface area contributed by atoms with E-state index < -0.39 is 24.2 Å². The molecule has 0 N–H and O–H groups in total. The number of ether oxygens (including phenoxy) is 4. The zero-order valence-corrected chi connectivity index (χ0v) is 15.2. The molecule has 0 fully saturated rings. The summed E-state index contributed by atoms with van der Waals surface area (Å²) < 4.78 is 33.6. The topological polar surface area (TPSA) is 71.1 Å². The first-order chi connectivity index (χ1) is 13.0. The number of rotatable bonds is 8. The third-order valence-electron chi connectivity index (χ3n) is 3.64. The number of carbonyl (C=O) groups excluding carboxylic acids is 2. The van der Waals surface area contributed by atoms with Crippen molar-refractivity contribution in [1.29, 1.82) is 0 Å². The highest BCUT2D eigenvalue weighted by Gasteiger charge is 2.15. The van der Waals surface area contributed by atoms with Gasteiger partial charge in [-0.05, 0) is 42.5 Å². The van der Waals surface area contributed by atoms with Crippen molar-refractivity contribution in [2.75, 3.05) is 27.9 Å². The quantitative estimate of drug-likeness (QED) is 0.401. The lowest BCUT2D eigenvalue weighted by Gasteiger charge is -2.08. The van der Waals surface area contributed by atoms with Gasteiger partial charge < -0.3 is 18.9 Å². The zero-order chi connectivity index (χ0) is 19.8. The van der Waals surface area contributed by atoms with Gasteiger partial charge in [0.15, 0.2) is 6.61 Å². The summed E-state index contributed by atoms with van der Waals surface area (Å²) in [6.07, 6.45) is 2.64. The smallest absolute Gasteiger partial charge is 0.331 e. The molecule has 0 saturated heterocycles. The van der Waals surface area contributed by atoms with Gasteiger partial charge in [-0.1, -0.05) is 0 Å². The molecule has 142 valence electrons. The number of hydrogen-bond donors (Lipinski definition) is 0. The molecule has 7 heteroatoms. The van der Waals surface area contributed by atoms with Crippen molar-refractivity contribution in [3.8, 4) is 17.2 Å². The maximum Gasteiger partial charge on any atom is 0.331 e. The largest absolute Gasteiger partial charge is 0.497 e. The maximum absolute atomic E-state index is 13.3. The van der Waals surface area contributed by atoms with E-state index in [1.807, 2.05) is 0 Å². The third kappa shape index (κ3) is 5.31. The number of benzene rings is 2. The zero-order valence-electron chi connectivity index (χ0n) is 15.2. The lowest BCUT2D eigenvalue weighted by atomic mass is 10.1. The van der Waals surface area contributed by atoms with Crippen molar-refractivity contribution >= 4 is 17.8 Å². The molecular weight excluding hydrogens is 355 g/mol. The number of esters is 1. The Morgan fingerprint density at radius 3 is 2.33 bits per heavy atom. The van der Waals surface area contributed by atoms with E-state index in [0.29, 0.717) is 17.1 Å². The molecule has 0 aliphatic heterocycles. The van der Waals surface area contributed by atoms with Gasteiger partial charge in [0.05, 0.1) is 26.9 Å². The Balaban J connectivity index is 2.03. The van der Waals surface area contributed by atoms with Crippen molar-refractivity contribution in [3.05, 3.63) is 59.4 Å². The van der Waals surface area contributed by atoms with Crippen molar-refractivity contribution in [1.82, 2.24) is 0 Å². The average Bonchev–Trinajstić information content (AvgIpc) is 2.69. The molecule has 2 aromatic carbocycles. The lowest BCUT2D eigenvalue weighted by molar-refractivity contribution is -0.136. The summed E-state index contributed by atoms with van der Waals surface area (Å²) in [5, 5.41) is 0. The minimum absolute atomic E-state index is 0.00347. The summed E-state index contributed by atoms with van der Waals surface area (Å²) in [6, 6.07) is 8.64. The molecule has 27 heavy (non-hydrogen) atoms. The fraction of sp³-hybridized carbons (Fsp3) is 0.200. The Bertz CT molecular complexity index is 860. The van der Waals surface area contributed by atoms with Gasteiger partial charge in [0, 0.05) is 11.6 Å². The summed E-state index contributed by atoms with van der Waals surface area (Å²) >= 11 is 0. The van der Waals surface area contributed by atoms with Crippen LogP contribution in [0.2, 0.25) is 0 Å². The first kappa shape index (κ1) is 20.0. The molecule has 0 unspecified atom stereocenters. The van der Waals surface area contributed by atoms with E-state index in [1.165, 1.54) is 39.5 Å². The first-order valence-electron chi connectivity index (χ1n) is 7.92. The lowest BCUT2D eigenvalue weighted by Crippen LogP contribution is -2.13. The van der Waals surface area contributed by atoms with Crippen LogP contribution < -0.4 is 14.2 Å². The van der Waals surface area contributed by atoms with Crippen molar-refractivity contribution in [2.45, 2.75) is 0 Å². The number of methoxy groups -OCH3 is 3. The SMILES string of the molecule is COc1ccc(OC)c(/C=C/C(=O)OCC(=O)c2cc(F)ccc2OC)c1. The van der Waals surface area contributed by atoms with Gasteiger partial charge in [-0.3, -0.25) is 4.79 Å². The van der Waals surface area contributed by atoms with E-state index in [0.717, 1.165) is 12.1 Å². The Kier molecular flexibility index (Phi) is 6.93. The highest BCUT2D eigenvalue weighted by molar-refractivity contribution is 6.01. The molecule has 0 aliphatic carbocycles. The second-order valence-electron chi connectivity index (χ2n) is 5.32. The molecule has 0 bridgehead atoms. The van der Waals surface area contributed by atoms with Crippen LogP contribution >= 0.6 is 0 Å². The first-order valence-corrected chi connectivity index (χ1v) is 7.92. The van der Waals surface area contributed by atoms with E-state index in [4.69, 9.17) is 18.9 Å². The predicted molar refractivity (Wildman–Crippen MR) is 96.8 cm³/mol. The summed E-state index contributed by atoms with van der Waals surface area (Å²) in [4.78, 5) is 24.0. The van der Waals surface area contributed by atoms with E-state index >= 15 is 0 Å². The monoisotopic (exact) mass is 374 g/mol. The van der Waals surface area contributed by atoms with Crippen LogP contribution in [0.3, 0.4) is 0 Å². The highest BCUT2D eigenvalue weighted by Crippen LogP contribution is 2.25.